The second-order valence-corrected chi connectivity index (χ2v) is 6.57. The minimum absolute atomic E-state index is 0.838. The van der Waals surface area contributed by atoms with Gasteiger partial charge in [0.1, 0.15) is 0 Å². The molecule has 2 heterocycles. The Hall–Kier alpha value is -0.0800. The van der Waals surface area contributed by atoms with Crippen LogP contribution in [0.3, 0.4) is 0 Å². The molecular weight excluding hydrogens is 208 g/mol. The van der Waals surface area contributed by atoms with Gasteiger partial charge in [-0.2, -0.15) is 0 Å². The standard InChI is InChI=1S/C15H28N2/c1-3-17(15-6-4-5-11(15)2)14-9-12-7-8-13(10-14)16-12/h11-16H,3-10H2,1-2H3. The first-order valence-electron chi connectivity index (χ1n) is 7.79. The Balaban J connectivity index is 1.68. The van der Waals surface area contributed by atoms with E-state index < -0.39 is 0 Å². The Kier molecular flexibility index (Phi) is 3.45. The van der Waals surface area contributed by atoms with Gasteiger partial charge < -0.3 is 5.32 Å². The van der Waals surface area contributed by atoms with Gasteiger partial charge in [-0.3, -0.25) is 4.90 Å². The van der Waals surface area contributed by atoms with Crippen LogP contribution in [0.2, 0.25) is 0 Å². The molecule has 3 aliphatic rings. The average Bonchev–Trinajstić information content (AvgIpc) is 2.88. The van der Waals surface area contributed by atoms with Crippen LogP contribution in [0.4, 0.5) is 0 Å². The van der Waals surface area contributed by atoms with E-state index in [1.807, 2.05) is 0 Å². The predicted octanol–water partition coefficient (Wildman–Crippen LogP) is 2.78. The van der Waals surface area contributed by atoms with Crippen molar-refractivity contribution in [3.63, 3.8) is 0 Å². The molecule has 98 valence electrons. The van der Waals surface area contributed by atoms with E-state index in [0.717, 1.165) is 30.1 Å². The van der Waals surface area contributed by atoms with Gasteiger partial charge in [0, 0.05) is 24.2 Å². The Bertz CT molecular complexity index is 254. The van der Waals surface area contributed by atoms with Gasteiger partial charge in [0.05, 0.1) is 0 Å². The molecule has 0 radical (unpaired) electrons. The van der Waals surface area contributed by atoms with Crippen LogP contribution in [0.25, 0.3) is 0 Å². The van der Waals surface area contributed by atoms with Crippen LogP contribution < -0.4 is 5.32 Å². The summed E-state index contributed by atoms with van der Waals surface area (Å²) < 4.78 is 0. The molecule has 3 fully saturated rings. The summed E-state index contributed by atoms with van der Waals surface area (Å²) in [5.41, 5.74) is 0. The topological polar surface area (TPSA) is 15.3 Å². The number of nitrogens with one attached hydrogen (secondary N) is 1. The first-order chi connectivity index (χ1) is 8.28. The summed E-state index contributed by atoms with van der Waals surface area (Å²) in [6, 6.07) is 3.45. The van der Waals surface area contributed by atoms with Crippen LogP contribution in [0.5, 0.6) is 0 Å². The molecule has 17 heavy (non-hydrogen) atoms. The zero-order valence-corrected chi connectivity index (χ0v) is 11.5. The molecule has 1 saturated carbocycles. The van der Waals surface area contributed by atoms with Gasteiger partial charge in [-0.1, -0.05) is 20.3 Å². The molecule has 4 unspecified atom stereocenters. The zero-order valence-electron chi connectivity index (χ0n) is 11.5. The van der Waals surface area contributed by atoms with Crippen molar-refractivity contribution in [2.75, 3.05) is 6.54 Å². The third kappa shape index (κ3) is 2.26. The Morgan fingerprint density at radius 2 is 1.76 bits per heavy atom. The number of hydrogen-bond donors (Lipinski definition) is 1. The second kappa shape index (κ2) is 4.89. The smallest absolute Gasteiger partial charge is 0.0128 e. The maximum atomic E-state index is 3.77. The lowest BCUT2D eigenvalue weighted by Gasteiger charge is -2.42. The Morgan fingerprint density at radius 1 is 1.06 bits per heavy atom. The van der Waals surface area contributed by atoms with Crippen molar-refractivity contribution in [3.8, 4) is 0 Å². The molecule has 2 bridgehead atoms. The van der Waals surface area contributed by atoms with E-state index in [9.17, 15) is 0 Å². The van der Waals surface area contributed by atoms with Gasteiger partial charge >= 0.3 is 0 Å². The van der Waals surface area contributed by atoms with Crippen molar-refractivity contribution in [2.24, 2.45) is 5.92 Å². The fourth-order valence-electron chi connectivity index (χ4n) is 4.68. The lowest BCUT2D eigenvalue weighted by atomic mass is 9.94. The molecule has 0 aromatic rings. The highest BCUT2D eigenvalue weighted by Crippen LogP contribution is 2.36. The van der Waals surface area contributed by atoms with Gasteiger partial charge in [0.15, 0.2) is 0 Å². The molecule has 2 nitrogen and oxygen atoms in total. The number of nitrogens with zero attached hydrogens (tertiary/aromatic N) is 1. The van der Waals surface area contributed by atoms with Crippen molar-refractivity contribution in [3.05, 3.63) is 0 Å². The first-order valence-corrected chi connectivity index (χ1v) is 7.79. The summed E-state index contributed by atoms with van der Waals surface area (Å²) in [7, 11) is 0. The van der Waals surface area contributed by atoms with Gasteiger partial charge in [0.25, 0.3) is 0 Å². The Morgan fingerprint density at radius 3 is 2.29 bits per heavy atom. The molecule has 0 spiro atoms. The number of hydrogen-bond acceptors (Lipinski definition) is 2. The average molecular weight is 236 g/mol. The van der Waals surface area contributed by atoms with Crippen LogP contribution in [-0.4, -0.2) is 35.6 Å². The van der Waals surface area contributed by atoms with Crippen LogP contribution in [-0.2, 0) is 0 Å². The van der Waals surface area contributed by atoms with E-state index in [1.165, 1.54) is 51.5 Å². The molecule has 2 aliphatic heterocycles. The van der Waals surface area contributed by atoms with Crippen molar-refractivity contribution >= 4 is 0 Å². The lowest BCUT2D eigenvalue weighted by Crippen LogP contribution is -2.52. The fourth-order valence-corrected chi connectivity index (χ4v) is 4.68. The SMILES string of the molecule is CCN(C1CC2CCC(C1)N2)C1CCCC1C. The molecule has 1 N–H and O–H groups in total. The molecule has 0 aromatic heterocycles. The van der Waals surface area contributed by atoms with Gasteiger partial charge in [-0.05, 0) is 51.0 Å². The maximum absolute atomic E-state index is 3.77. The normalized spacial score (nSPS) is 45.7. The number of rotatable bonds is 3. The highest BCUT2D eigenvalue weighted by molar-refractivity contribution is 4.97. The number of piperidine rings is 1. The summed E-state index contributed by atoms with van der Waals surface area (Å²) in [5, 5.41) is 3.77. The molecule has 0 aromatic carbocycles. The quantitative estimate of drug-likeness (QED) is 0.810. The van der Waals surface area contributed by atoms with Crippen molar-refractivity contribution in [1.29, 1.82) is 0 Å². The highest BCUT2D eigenvalue weighted by atomic mass is 15.2. The van der Waals surface area contributed by atoms with Crippen molar-refractivity contribution in [2.45, 2.75) is 83.0 Å². The van der Waals surface area contributed by atoms with Gasteiger partial charge in [-0.25, -0.2) is 0 Å². The molecule has 2 saturated heterocycles. The van der Waals surface area contributed by atoms with Gasteiger partial charge in [0.2, 0.25) is 0 Å². The molecule has 1 aliphatic carbocycles. The van der Waals surface area contributed by atoms with Crippen LogP contribution in [0.15, 0.2) is 0 Å². The fraction of sp³-hybridized carbons (Fsp3) is 1.00. The van der Waals surface area contributed by atoms with Crippen LogP contribution in [0.1, 0.15) is 58.8 Å². The van der Waals surface area contributed by atoms with Gasteiger partial charge in [-0.15, -0.1) is 0 Å². The Labute approximate surface area is 106 Å². The molecular formula is C15H28N2. The van der Waals surface area contributed by atoms with Crippen molar-refractivity contribution in [1.82, 2.24) is 10.2 Å². The minimum Gasteiger partial charge on any atom is -0.311 e. The van der Waals surface area contributed by atoms with E-state index in [2.05, 4.69) is 24.1 Å². The lowest BCUT2D eigenvalue weighted by molar-refractivity contribution is 0.0829. The largest absolute Gasteiger partial charge is 0.311 e. The van der Waals surface area contributed by atoms with E-state index in [-0.39, 0.29) is 0 Å². The summed E-state index contributed by atoms with van der Waals surface area (Å²) in [6.45, 7) is 6.10. The highest BCUT2D eigenvalue weighted by Gasteiger charge is 2.39. The molecule has 3 rings (SSSR count). The monoisotopic (exact) mass is 236 g/mol. The molecule has 2 heteroatoms. The third-order valence-corrected chi connectivity index (χ3v) is 5.52. The predicted molar refractivity (Wildman–Crippen MR) is 72.2 cm³/mol. The summed E-state index contributed by atoms with van der Waals surface area (Å²) in [4.78, 5) is 2.86. The van der Waals surface area contributed by atoms with E-state index in [4.69, 9.17) is 0 Å². The molecule has 4 atom stereocenters. The van der Waals surface area contributed by atoms with E-state index >= 15 is 0 Å². The van der Waals surface area contributed by atoms with Crippen LogP contribution >= 0.6 is 0 Å². The number of fused-ring (bicyclic) bond motifs is 2. The third-order valence-electron chi connectivity index (χ3n) is 5.52. The summed E-state index contributed by atoms with van der Waals surface area (Å²) >= 11 is 0. The maximum Gasteiger partial charge on any atom is 0.0128 e. The second-order valence-electron chi connectivity index (χ2n) is 6.57. The van der Waals surface area contributed by atoms with Crippen molar-refractivity contribution < 1.29 is 0 Å². The minimum atomic E-state index is 0.838. The summed E-state index contributed by atoms with van der Waals surface area (Å²) in [6.07, 6.45) is 10.0. The van der Waals surface area contributed by atoms with E-state index in [0.29, 0.717) is 0 Å². The van der Waals surface area contributed by atoms with Crippen LogP contribution in [0, 0.1) is 5.92 Å². The first kappa shape index (κ1) is 12.0. The molecule has 0 amide bonds. The van der Waals surface area contributed by atoms with E-state index in [1.54, 1.807) is 0 Å². The summed E-state index contributed by atoms with van der Waals surface area (Å²) in [5.74, 6) is 0.933. The zero-order chi connectivity index (χ0) is 11.8.